The molecule has 0 heterocycles. The number of nitrogens with one attached hydrogen (secondary N) is 1. The molecule has 0 spiro atoms. The normalized spacial score (nSPS) is 10.2. The molecule has 0 saturated heterocycles. The third-order valence-corrected chi connectivity index (χ3v) is 3.50. The molecule has 0 saturated carbocycles. The van der Waals surface area contributed by atoms with Gasteiger partial charge in [-0.15, -0.1) is 0 Å². The van der Waals surface area contributed by atoms with Crippen LogP contribution in [0.4, 0.5) is 0 Å². The van der Waals surface area contributed by atoms with Crippen molar-refractivity contribution in [2.45, 2.75) is 6.61 Å². The first-order valence-electron chi connectivity index (χ1n) is 5.57. The van der Waals surface area contributed by atoms with Gasteiger partial charge in [0, 0.05) is 8.95 Å². The molecule has 2 aromatic carbocycles. The molecule has 0 aliphatic heterocycles. The fourth-order valence-electron chi connectivity index (χ4n) is 1.63. The first-order valence-corrected chi connectivity index (χ1v) is 7.16. The maximum Gasteiger partial charge on any atom is 0.131 e. The summed E-state index contributed by atoms with van der Waals surface area (Å²) in [6, 6.07) is 13.3. The van der Waals surface area contributed by atoms with Gasteiger partial charge >= 0.3 is 0 Å². The molecule has 0 atom stereocenters. The predicted octanol–water partition coefficient (Wildman–Crippen LogP) is 4.07. The standard InChI is InChI=1S/C14H12Br2N2O/c15-10-3-1-2-9(6-10)8-19-13-7-11(16)4-5-12(13)14(17)18/h1-7H,8H2,(H3,17,18). The summed E-state index contributed by atoms with van der Waals surface area (Å²) in [5.41, 5.74) is 7.18. The summed E-state index contributed by atoms with van der Waals surface area (Å²) in [5, 5.41) is 7.54. The third-order valence-electron chi connectivity index (χ3n) is 2.52. The van der Waals surface area contributed by atoms with E-state index in [0.29, 0.717) is 17.9 Å². The van der Waals surface area contributed by atoms with E-state index in [2.05, 4.69) is 31.9 Å². The Hall–Kier alpha value is -1.33. The van der Waals surface area contributed by atoms with Crippen molar-refractivity contribution in [1.82, 2.24) is 0 Å². The smallest absolute Gasteiger partial charge is 0.131 e. The van der Waals surface area contributed by atoms with Gasteiger partial charge in [-0.2, -0.15) is 0 Å². The van der Waals surface area contributed by atoms with Crippen LogP contribution in [0.5, 0.6) is 5.75 Å². The molecule has 98 valence electrons. The van der Waals surface area contributed by atoms with E-state index in [4.69, 9.17) is 15.9 Å². The monoisotopic (exact) mass is 382 g/mol. The van der Waals surface area contributed by atoms with Gasteiger partial charge in [0.05, 0.1) is 5.56 Å². The van der Waals surface area contributed by atoms with Gasteiger partial charge < -0.3 is 10.5 Å². The molecule has 0 amide bonds. The highest BCUT2D eigenvalue weighted by atomic mass is 79.9. The SMILES string of the molecule is N=C(N)c1ccc(Br)cc1OCc1cccc(Br)c1. The lowest BCUT2D eigenvalue weighted by atomic mass is 10.2. The molecule has 0 aromatic heterocycles. The van der Waals surface area contributed by atoms with E-state index in [9.17, 15) is 0 Å². The lowest BCUT2D eigenvalue weighted by Crippen LogP contribution is -2.13. The zero-order valence-corrected chi connectivity index (χ0v) is 13.2. The summed E-state index contributed by atoms with van der Waals surface area (Å²) in [7, 11) is 0. The first-order chi connectivity index (χ1) is 9.06. The zero-order valence-electron chi connectivity index (χ0n) is 9.99. The van der Waals surface area contributed by atoms with Gasteiger partial charge in [0.1, 0.15) is 18.2 Å². The number of benzene rings is 2. The average molecular weight is 384 g/mol. The van der Waals surface area contributed by atoms with Crippen molar-refractivity contribution in [3.05, 3.63) is 62.5 Å². The second kappa shape index (κ2) is 6.21. The minimum absolute atomic E-state index is 0.00302. The zero-order chi connectivity index (χ0) is 13.8. The minimum atomic E-state index is -0.00302. The van der Waals surface area contributed by atoms with E-state index >= 15 is 0 Å². The molecular weight excluding hydrogens is 372 g/mol. The Morgan fingerprint density at radius 1 is 1.11 bits per heavy atom. The van der Waals surface area contributed by atoms with Crippen LogP contribution in [0.1, 0.15) is 11.1 Å². The Labute approximate surface area is 128 Å². The summed E-state index contributed by atoms with van der Waals surface area (Å²) < 4.78 is 7.65. The molecule has 0 aliphatic rings. The van der Waals surface area contributed by atoms with Gasteiger partial charge in [-0.1, -0.05) is 44.0 Å². The minimum Gasteiger partial charge on any atom is -0.488 e. The number of nitrogens with two attached hydrogens (primary N) is 1. The topological polar surface area (TPSA) is 59.1 Å². The number of nitrogen functional groups attached to an aromatic ring is 1. The summed E-state index contributed by atoms with van der Waals surface area (Å²) in [4.78, 5) is 0. The van der Waals surface area contributed by atoms with E-state index in [-0.39, 0.29) is 5.84 Å². The molecule has 0 fully saturated rings. The molecule has 0 aliphatic carbocycles. The third kappa shape index (κ3) is 3.81. The van der Waals surface area contributed by atoms with E-state index in [1.54, 1.807) is 6.07 Å². The number of halogens is 2. The summed E-state index contributed by atoms with van der Waals surface area (Å²) in [6.45, 7) is 0.427. The lowest BCUT2D eigenvalue weighted by Gasteiger charge is -2.11. The van der Waals surface area contributed by atoms with Crippen molar-refractivity contribution < 1.29 is 4.74 Å². The largest absolute Gasteiger partial charge is 0.488 e. The number of amidine groups is 1. The van der Waals surface area contributed by atoms with Crippen LogP contribution in [0.25, 0.3) is 0 Å². The summed E-state index contributed by atoms with van der Waals surface area (Å²) in [6.07, 6.45) is 0. The van der Waals surface area contributed by atoms with Crippen molar-refractivity contribution in [1.29, 1.82) is 5.41 Å². The van der Waals surface area contributed by atoms with Gasteiger partial charge in [0.2, 0.25) is 0 Å². The van der Waals surface area contributed by atoms with Crippen LogP contribution in [0.2, 0.25) is 0 Å². The quantitative estimate of drug-likeness (QED) is 0.617. The Balaban J connectivity index is 2.19. The highest BCUT2D eigenvalue weighted by Crippen LogP contribution is 2.24. The molecule has 2 aromatic rings. The van der Waals surface area contributed by atoms with Gasteiger partial charge in [-0.05, 0) is 35.9 Å². The van der Waals surface area contributed by atoms with E-state index in [1.165, 1.54) is 0 Å². The molecule has 3 N–H and O–H groups in total. The van der Waals surface area contributed by atoms with Crippen LogP contribution in [0.3, 0.4) is 0 Å². The van der Waals surface area contributed by atoms with Crippen LogP contribution >= 0.6 is 31.9 Å². The van der Waals surface area contributed by atoms with Crippen LogP contribution in [-0.2, 0) is 6.61 Å². The summed E-state index contributed by atoms with van der Waals surface area (Å²) in [5.74, 6) is 0.596. The molecule has 0 radical (unpaired) electrons. The number of ether oxygens (including phenoxy) is 1. The van der Waals surface area contributed by atoms with Crippen LogP contribution < -0.4 is 10.5 Å². The van der Waals surface area contributed by atoms with Gasteiger partial charge in [0.25, 0.3) is 0 Å². The van der Waals surface area contributed by atoms with E-state index in [1.807, 2.05) is 36.4 Å². The Bertz CT molecular complexity index is 614. The Morgan fingerprint density at radius 2 is 1.84 bits per heavy atom. The maximum atomic E-state index is 7.54. The van der Waals surface area contributed by atoms with Gasteiger partial charge in [-0.3, -0.25) is 5.41 Å². The molecule has 0 unspecified atom stereocenters. The van der Waals surface area contributed by atoms with Crippen LogP contribution in [-0.4, -0.2) is 5.84 Å². The average Bonchev–Trinajstić information content (AvgIpc) is 2.36. The molecule has 0 bridgehead atoms. The van der Waals surface area contributed by atoms with Crippen molar-refractivity contribution in [2.75, 3.05) is 0 Å². The molecule has 3 nitrogen and oxygen atoms in total. The fourth-order valence-corrected chi connectivity index (χ4v) is 2.41. The fraction of sp³-hybridized carbons (Fsp3) is 0.0714. The highest BCUT2D eigenvalue weighted by molar-refractivity contribution is 9.10. The Morgan fingerprint density at radius 3 is 2.53 bits per heavy atom. The lowest BCUT2D eigenvalue weighted by molar-refractivity contribution is 0.305. The summed E-state index contributed by atoms with van der Waals surface area (Å²) >= 11 is 6.80. The second-order valence-electron chi connectivity index (χ2n) is 3.97. The highest BCUT2D eigenvalue weighted by Gasteiger charge is 2.07. The van der Waals surface area contributed by atoms with Crippen molar-refractivity contribution in [3.8, 4) is 5.75 Å². The van der Waals surface area contributed by atoms with Crippen molar-refractivity contribution >= 4 is 37.7 Å². The predicted molar refractivity (Wildman–Crippen MR) is 83.6 cm³/mol. The molecule has 5 heteroatoms. The van der Waals surface area contributed by atoms with Gasteiger partial charge in [-0.25, -0.2) is 0 Å². The van der Waals surface area contributed by atoms with Crippen LogP contribution in [0.15, 0.2) is 51.4 Å². The number of hydrogen-bond acceptors (Lipinski definition) is 2. The van der Waals surface area contributed by atoms with Crippen molar-refractivity contribution in [2.24, 2.45) is 5.73 Å². The Kier molecular flexibility index (Phi) is 4.61. The van der Waals surface area contributed by atoms with Crippen LogP contribution in [0, 0.1) is 5.41 Å². The number of hydrogen-bond donors (Lipinski definition) is 2. The van der Waals surface area contributed by atoms with E-state index in [0.717, 1.165) is 14.5 Å². The molecule has 2 rings (SSSR count). The molecular formula is C14H12Br2N2O. The van der Waals surface area contributed by atoms with Gasteiger partial charge in [0.15, 0.2) is 0 Å². The molecule has 19 heavy (non-hydrogen) atoms. The second-order valence-corrected chi connectivity index (χ2v) is 5.80. The van der Waals surface area contributed by atoms with E-state index < -0.39 is 0 Å². The van der Waals surface area contributed by atoms with Crippen molar-refractivity contribution in [3.63, 3.8) is 0 Å². The first kappa shape index (κ1) is 14.1. The number of rotatable bonds is 4. The maximum absolute atomic E-state index is 7.54.